The minimum Gasteiger partial charge on any atom is -0.493 e. The van der Waals surface area contributed by atoms with Crippen molar-refractivity contribution in [1.82, 2.24) is 9.80 Å². The summed E-state index contributed by atoms with van der Waals surface area (Å²) in [7, 11) is 1.75. The first-order valence-electron chi connectivity index (χ1n) is 12.7. The molecule has 1 aliphatic heterocycles. The minimum absolute atomic E-state index is 0.0811. The molecule has 1 saturated heterocycles. The smallest absolute Gasteiger partial charge is 0.416 e. The van der Waals surface area contributed by atoms with Crippen molar-refractivity contribution >= 4 is 23.4 Å². The molecule has 3 aromatic carbocycles. The summed E-state index contributed by atoms with van der Waals surface area (Å²) in [6.07, 6.45) is -3.04. The van der Waals surface area contributed by atoms with Gasteiger partial charge in [0.2, 0.25) is 5.91 Å². The summed E-state index contributed by atoms with van der Waals surface area (Å²) < 4.78 is 45.1. The molecular weight excluding hydrogens is 529 g/mol. The number of carbonyl (C=O) groups is 2. The third-order valence-corrected chi connectivity index (χ3v) is 7.23. The maximum Gasteiger partial charge on any atom is 0.416 e. The van der Waals surface area contributed by atoms with E-state index in [0.29, 0.717) is 36.7 Å². The molecule has 39 heavy (non-hydrogen) atoms. The number of halogens is 4. The molecule has 9 heteroatoms. The zero-order valence-electron chi connectivity index (χ0n) is 21.6. The second-order valence-corrected chi connectivity index (χ2v) is 10.5. The molecule has 1 unspecified atom stereocenters. The van der Waals surface area contributed by atoms with Crippen molar-refractivity contribution < 1.29 is 27.5 Å². The van der Waals surface area contributed by atoms with Gasteiger partial charge in [-0.15, -0.1) is 0 Å². The Labute approximate surface area is 231 Å². The van der Waals surface area contributed by atoms with Gasteiger partial charge in [0.05, 0.1) is 12.2 Å². The normalized spacial score (nSPS) is 17.5. The number of amides is 2. The molecule has 1 atom stereocenters. The number of benzene rings is 3. The maximum atomic E-state index is 13.4. The number of hydrogen-bond acceptors (Lipinski definition) is 3. The predicted octanol–water partition coefficient (Wildman–Crippen LogP) is 6.71. The first kappa shape index (κ1) is 28.5. The molecule has 0 bridgehead atoms. The molecule has 0 saturated carbocycles. The van der Waals surface area contributed by atoms with Crippen LogP contribution < -0.4 is 4.74 Å². The van der Waals surface area contributed by atoms with E-state index >= 15 is 0 Å². The monoisotopic (exact) mass is 558 g/mol. The van der Waals surface area contributed by atoms with Gasteiger partial charge < -0.3 is 14.5 Å². The third kappa shape index (κ3) is 7.53. The average Bonchev–Trinajstić information content (AvgIpc) is 2.92. The third-order valence-electron chi connectivity index (χ3n) is 6.98. The Balaban J connectivity index is 1.52. The lowest BCUT2D eigenvalue weighted by Gasteiger charge is -2.43. The van der Waals surface area contributed by atoms with Crippen LogP contribution in [0, 0.1) is 5.41 Å². The van der Waals surface area contributed by atoms with E-state index in [-0.39, 0.29) is 37.0 Å². The van der Waals surface area contributed by atoms with Crippen molar-refractivity contribution in [2.24, 2.45) is 5.41 Å². The molecule has 0 radical (unpaired) electrons. The summed E-state index contributed by atoms with van der Waals surface area (Å²) in [6.45, 7) is 1.32. The number of piperidine rings is 1. The Hall–Kier alpha value is -3.52. The minimum atomic E-state index is -4.48. The molecule has 1 fully saturated rings. The van der Waals surface area contributed by atoms with Gasteiger partial charge in [0.25, 0.3) is 5.91 Å². The van der Waals surface area contributed by atoms with E-state index in [4.69, 9.17) is 16.3 Å². The van der Waals surface area contributed by atoms with Gasteiger partial charge in [-0.05, 0) is 66.9 Å². The molecular formula is C30H30ClF3N2O3. The molecule has 1 aliphatic rings. The number of nitrogens with zero attached hydrogens (tertiary/aromatic N) is 2. The molecule has 0 spiro atoms. The quantitative estimate of drug-likeness (QED) is 0.309. The lowest BCUT2D eigenvalue weighted by atomic mass is 9.77. The Morgan fingerprint density at radius 2 is 1.67 bits per heavy atom. The highest BCUT2D eigenvalue weighted by atomic mass is 35.5. The van der Waals surface area contributed by atoms with Crippen LogP contribution in [0.15, 0.2) is 78.9 Å². The van der Waals surface area contributed by atoms with Crippen LogP contribution in [0.3, 0.4) is 0 Å². The zero-order chi connectivity index (χ0) is 28.0. The number of carbonyl (C=O) groups excluding carboxylic acids is 2. The Bertz CT molecular complexity index is 1270. The van der Waals surface area contributed by atoms with Crippen LogP contribution >= 0.6 is 11.6 Å². The van der Waals surface area contributed by atoms with Crippen LogP contribution in [-0.4, -0.2) is 48.4 Å². The molecule has 5 nitrogen and oxygen atoms in total. The standard InChI is InChI=1S/C30H30ClF3N2O3/c1-35(19-22-6-3-2-4-7-22)27(37)18-29(21-39-26-14-12-25(31)13-15-26)16-5-17-36(20-29)28(38)23-8-10-24(11-9-23)30(32,33)34/h2-4,6-15H,5,16-21H2,1H3. The topological polar surface area (TPSA) is 49.9 Å². The van der Waals surface area contributed by atoms with Gasteiger partial charge in [-0.1, -0.05) is 41.9 Å². The van der Waals surface area contributed by atoms with E-state index in [9.17, 15) is 22.8 Å². The highest BCUT2D eigenvalue weighted by molar-refractivity contribution is 6.30. The van der Waals surface area contributed by atoms with E-state index < -0.39 is 17.2 Å². The molecule has 0 aliphatic carbocycles. The number of hydrogen-bond donors (Lipinski definition) is 0. The van der Waals surface area contributed by atoms with Crippen LogP contribution in [-0.2, 0) is 17.5 Å². The van der Waals surface area contributed by atoms with Crippen LogP contribution in [0.2, 0.25) is 5.02 Å². The van der Waals surface area contributed by atoms with Crippen LogP contribution in [0.4, 0.5) is 13.2 Å². The van der Waals surface area contributed by atoms with Crippen molar-refractivity contribution in [2.45, 2.75) is 32.0 Å². The summed E-state index contributed by atoms with van der Waals surface area (Å²) in [5, 5.41) is 0.570. The largest absolute Gasteiger partial charge is 0.493 e. The fraction of sp³-hybridized carbons (Fsp3) is 0.333. The molecule has 3 aromatic rings. The first-order valence-corrected chi connectivity index (χ1v) is 13.1. The summed E-state index contributed by atoms with van der Waals surface area (Å²) in [5.74, 6) is 0.141. The Morgan fingerprint density at radius 1 is 1.00 bits per heavy atom. The fourth-order valence-corrected chi connectivity index (χ4v) is 4.97. The summed E-state index contributed by atoms with van der Waals surface area (Å²) in [4.78, 5) is 30.0. The summed E-state index contributed by atoms with van der Waals surface area (Å²) in [5.41, 5.74) is -0.315. The zero-order valence-corrected chi connectivity index (χ0v) is 22.3. The predicted molar refractivity (Wildman–Crippen MR) is 143 cm³/mol. The van der Waals surface area contributed by atoms with Crippen molar-refractivity contribution in [3.63, 3.8) is 0 Å². The van der Waals surface area contributed by atoms with Gasteiger partial charge in [-0.25, -0.2) is 0 Å². The highest BCUT2D eigenvalue weighted by Gasteiger charge is 2.41. The average molecular weight is 559 g/mol. The SMILES string of the molecule is CN(Cc1ccccc1)C(=O)CC1(COc2ccc(Cl)cc2)CCCN(C(=O)c2ccc(C(F)(F)F)cc2)C1. The van der Waals surface area contributed by atoms with Crippen molar-refractivity contribution in [2.75, 3.05) is 26.7 Å². The molecule has 4 rings (SSSR count). The molecule has 0 N–H and O–H groups in total. The number of likely N-dealkylation sites (tertiary alicyclic amines) is 1. The van der Waals surface area contributed by atoms with Crippen molar-refractivity contribution in [3.8, 4) is 5.75 Å². The lowest BCUT2D eigenvalue weighted by Crippen LogP contribution is -2.50. The second kappa shape index (κ2) is 12.1. The van der Waals surface area contributed by atoms with Gasteiger partial charge in [0, 0.05) is 49.1 Å². The van der Waals surface area contributed by atoms with Crippen molar-refractivity contribution in [3.05, 3.63) is 101 Å². The van der Waals surface area contributed by atoms with E-state index in [1.807, 2.05) is 30.3 Å². The molecule has 206 valence electrons. The first-order chi connectivity index (χ1) is 18.5. The van der Waals surface area contributed by atoms with E-state index in [1.165, 1.54) is 12.1 Å². The lowest BCUT2D eigenvalue weighted by molar-refractivity contribution is -0.137. The molecule has 1 heterocycles. The van der Waals surface area contributed by atoms with Gasteiger partial charge in [0.15, 0.2) is 0 Å². The highest BCUT2D eigenvalue weighted by Crippen LogP contribution is 2.36. The maximum absolute atomic E-state index is 13.4. The Morgan fingerprint density at radius 3 is 2.31 bits per heavy atom. The summed E-state index contributed by atoms with van der Waals surface area (Å²) in [6, 6.07) is 20.8. The molecule has 0 aromatic heterocycles. The van der Waals surface area contributed by atoms with E-state index in [0.717, 1.165) is 17.7 Å². The van der Waals surface area contributed by atoms with Crippen LogP contribution in [0.25, 0.3) is 0 Å². The second-order valence-electron chi connectivity index (χ2n) is 10.1. The molecule has 2 amide bonds. The van der Waals surface area contributed by atoms with Gasteiger partial charge in [-0.2, -0.15) is 13.2 Å². The van der Waals surface area contributed by atoms with Crippen LogP contribution in [0.5, 0.6) is 5.75 Å². The van der Waals surface area contributed by atoms with E-state index in [1.54, 1.807) is 41.1 Å². The number of alkyl halides is 3. The van der Waals surface area contributed by atoms with Gasteiger partial charge in [-0.3, -0.25) is 9.59 Å². The summed E-state index contributed by atoms with van der Waals surface area (Å²) >= 11 is 5.99. The number of ether oxygens (including phenoxy) is 1. The van der Waals surface area contributed by atoms with Crippen molar-refractivity contribution in [1.29, 1.82) is 0 Å². The van der Waals surface area contributed by atoms with Gasteiger partial charge in [0.1, 0.15) is 5.75 Å². The van der Waals surface area contributed by atoms with E-state index in [2.05, 4.69) is 0 Å². The fourth-order valence-electron chi connectivity index (χ4n) is 4.85. The van der Waals surface area contributed by atoms with Gasteiger partial charge >= 0.3 is 6.18 Å². The number of rotatable bonds is 8. The van der Waals surface area contributed by atoms with Crippen LogP contribution in [0.1, 0.15) is 40.7 Å². The Kier molecular flexibility index (Phi) is 8.85.